The van der Waals surface area contributed by atoms with Crippen LogP contribution in [0.5, 0.6) is 5.75 Å². The zero-order valence-corrected chi connectivity index (χ0v) is 9.71. The summed E-state index contributed by atoms with van der Waals surface area (Å²) in [5.41, 5.74) is 1.23. The van der Waals surface area contributed by atoms with Crippen LogP contribution in [-0.2, 0) is 6.42 Å². The average Bonchev–Trinajstić information content (AvgIpc) is 2.16. The Morgan fingerprint density at radius 1 is 1.47 bits per heavy atom. The lowest BCUT2D eigenvalue weighted by atomic mass is 10.0. The van der Waals surface area contributed by atoms with Gasteiger partial charge in [0.15, 0.2) is 0 Å². The molecule has 0 aliphatic rings. The summed E-state index contributed by atoms with van der Waals surface area (Å²) in [7, 11) is 0. The van der Waals surface area contributed by atoms with Gasteiger partial charge in [-0.05, 0) is 54.1 Å². The van der Waals surface area contributed by atoms with Crippen LogP contribution in [0.4, 0.5) is 0 Å². The van der Waals surface area contributed by atoms with E-state index in [2.05, 4.69) is 13.8 Å². The summed E-state index contributed by atoms with van der Waals surface area (Å²) in [6.45, 7) is 4.24. The van der Waals surface area contributed by atoms with E-state index in [0.29, 0.717) is 11.5 Å². The highest BCUT2D eigenvalue weighted by atomic mass is 35.5. The zero-order valence-electron chi connectivity index (χ0n) is 8.96. The van der Waals surface area contributed by atoms with Crippen molar-refractivity contribution in [3.05, 3.63) is 29.3 Å². The molecule has 0 saturated carbocycles. The molecule has 2 nitrogen and oxygen atoms in total. The Kier molecular flexibility index (Phi) is 4.15. The van der Waals surface area contributed by atoms with Gasteiger partial charge >= 0.3 is 0 Å². The first-order valence-electron chi connectivity index (χ1n) is 5.02. The maximum Gasteiger partial charge on any atom is 0.252 e. The Hall–Kier alpha value is -1.02. The van der Waals surface area contributed by atoms with Crippen molar-refractivity contribution in [3.8, 4) is 5.75 Å². The summed E-state index contributed by atoms with van der Waals surface area (Å²) in [5.74, 6) is 0.803. The second-order valence-corrected chi connectivity index (χ2v) is 4.39. The van der Waals surface area contributed by atoms with E-state index in [1.165, 1.54) is 12.1 Å². The lowest BCUT2D eigenvalue weighted by Crippen LogP contribution is -1.96. The highest BCUT2D eigenvalue weighted by Crippen LogP contribution is 2.22. The van der Waals surface area contributed by atoms with Gasteiger partial charge in [-0.15, -0.1) is 0 Å². The van der Waals surface area contributed by atoms with Crippen LogP contribution in [0, 0.1) is 5.92 Å². The third-order valence-corrected chi connectivity index (χ3v) is 2.52. The largest absolute Gasteiger partial charge is 0.508 e. The monoisotopic (exact) mass is 226 g/mol. The number of hydrogen-bond donors (Lipinski definition) is 1. The second-order valence-electron chi connectivity index (χ2n) is 4.05. The predicted molar refractivity (Wildman–Crippen MR) is 61.4 cm³/mol. The third-order valence-electron chi connectivity index (χ3n) is 2.30. The van der Waals surface area contributed by atoms with E-state index in [4.69, 9.17) is 11.6 Å². The van der Waals surface area contributed by atoms with Crippen LogP contribution in [-0.4, -0.2) is 10.3 Å². The molecule has 82 valence electrons. The summed E-state index contributed by atoms with van der Waals surface area (Å²) >= 11 is 5.37. The Morgan fingerprint density at radius 2 is 2.13 bits per heavy atom. The summed E-state index contributed by atoms with van der Waals surface area (Å²) in [6.07, 6.45) is 1.75. The Balaban J connectivity index is 2.85. The first-order chi connectivity index (χ1) is 7.00. The first-order valence-corrected chi connectivity index (χ1v) is 5.40. The molecule has 1 rings (SSSR count). The number of carbonyl (C=O) groups excluding carboxylic acids is 1. The Labute approximate surface area is 94.9 Å². The van der Waals surface area contributed by atoms with Crippen LogP contribution >= 0.6 is 11.6 Å². The molecule has 0 saturated heterocycles. The molecular weight excluding hydrogens is 212 g/mol. The average molecular weight is 227 g/mol. The summed E-state index contributed by atoms with van der Waals surface area (Å²) in [6, 6.07) is 4.71. The number of aromatic hydroxyl groups is 1. The number of carbonyl (C=O) groups is 1. The van der Waals surface area contributed by atoms with Gasteiger partial charge in [0.25, 0.3) is 5.24 Å². The number of benzene rings is 1. The zero-order chi connectivity index (χ0) is 11.4. The molecule has 1 N–H and O–H groups in total. The minimum absolute atomic E-state index is 0.234. The van der Waals surface area contributed by atoms with E-state index < -0.39 is 5.24 Å². The number of halogens is 1. The molecular formula is C12H15ClO2. The Bertz CT molecular complexity index is 359. The van der Waals surface area contributed by atoms with Crippen LogP contribution in [0.25, 0.3) is 0 Å². The van der Waals surface area contributed by atoms with Gasteiger partial charge in [-0.1, -0.05) is 13.8 Å². The predicted octanol–water partition coefficient (Wildman–Crippen LogP) is 3.36. The molecule has 0 unspecified atom stereocenters. The highest BCUT2D eigenvalue weighted by molar-refractivity contribution is 6.67. The van der Waals surface area contributed by atoms with Crippen molar-refractivity contribution in [2.45, 2.75) is 26.7 Å². The van der Waals surface area contributed by atoms with Crippen molar-refractivity contribution in [2.75, 3.05) is 0 Å². The van der Waals surface area contributed by atoms with Gasteiger partial charge in [-0.3, -0.25) is 4.79 Å². The van der Waals surface area contributed by atoms with Crippen molar-refractivity contribution < 1.29 is 9.90 Å². The van der Waals surface area contributed by atoms with Gasteiger partial charge in [0.05, 0.1) is 0 Å². The van der Waals surface area contributed by atoms with E-state index in [1.807, 2.05) is 0 Å². The number of phenols is 1. The van der Waals surface area contributed by atoms with Crippen LogP contribution in [0.15, 0.2) is 18.2 Å². The normalized spacial score (nSPS) is 10.7. The fourth-order valence-corrected chi connectivity index (χ4v) is 1.47. The summed E-state index contributed by atoms with van der Waals surface area (Å²) in [4.78, 5) is 10.9. The SMILES string of the molecule is CC(C)CCc1cc(C(=O)Cl)ccc1O. The van der Waals surface area contributed by atoms with Crippen LogP contribution < -0.4 is 0 Å². The molecule has 1 aromatic rings. The maximum absolute atomic E-state index is 10.9. The van der Waals surface area contributed by atoms with E-state index in [0.717, 1.165) is 18.4 Å². The maximum atomic E-state index is 10.9. The molecule has 1 aromatic carbocycles. The molecule has 0 bridgehead atoms. The van der Waals surface area contributed by atoms with E-state index >= 15 is 0 Å². The minimum Gasteiger partial charge on any atom is -0.508 e. The molecule has 0 amide bonds. The van der Waals surface area contributed by atoms with Crippen LogP contribution in [0.3, 0.4) is 0 Å². The van der Waals surface area contributed by atoms with Gasteiger partial charge in [-0.25, -0.2) is 0 Å². The molecule has 15 heavy (non-hydrogen) atoms. The van der Waals surface area contributed by atoms with E-state index in [9.17, 15) is 9.90 Å². The summed E-state index contributed by atoms with van der Waals surface area (Å²) in [5, 5.41) is 9.09. The standard InChI is InChI=1S/C12H15ClO2/c1-8(2)3-4-9-7-10(12(13)15)5-6-11(9)14/h5-8,14H,3-4H2,1-2H3. The van der Waals surface area contributed by atoms with Gasteiger partial charge in [-0.2, -0.15) is 0 Å². The number of aryl methyl sites for hydroxylation is 1. The second kappa shape index (κ2) is 5.17. The highest BCUT2D eigenvalue weighted by Gasteiger charge is 2.07. The van der Waals surface area contributed by atoms with Crippen molar-refractivity contribution in [1.82, 2.24) is 0 Å². The molecule has 0 aliphatic carbocycles. The van der Waals surface area contributed by atoms with Gasteiger partial charge in [0, 0.05) is 5.56 Å². The van der Waals surface area contributed by atoms with Gasteiger partial charge in [0.2, 0.25) is 0 Å². The molecule has 0 atom stereocenters. The molecule has 0 spiro atoms. The third kappa shape index (κ3) is 3.56. The molecule has 0 fully saturated rings. The fourth-order valence-electron chi connectivity index (χ4n) is 1.35. The van der Waals surface area contributed by atoms with Crippen LogP contribution in [0.1, 0.15) is 36.2 Å². The van der Waals surface area contributed by atoms with Crippen LogP contribution in [0.2, 0.25) is 0 Å². The van der Waals surface area contributed by atoms with Gasteiger partial charge in [0.1, 0.15) is 5.75 Å². The Morgan fingerprint density at radius 3 is 2.67 bits per heavy atom. The number of hydrogen-bond acceptors (Lipinski definition) is 2. The van der Waals surface area contributed by atoms with Gasteiger partial charge < -0.3 is 5.11 Å². The van der Waals surface area contributed by atoms with Crippen molar-refractivity contribution in [1.29, 1.82) is 0 Å². The van der Waals surface area contributed by atoms with E-state index in [-0.39, 0.29) is 5.75 Å². The summed E-state index contributed by atoms with van der Waals surface area (Å²) < 4.78 is 0. The molecule has 0 aromatic heterocycles. The van der Waals surface area contributed by atoms with Crippen molar-refractivity contribution >= 4 is 16.8 Å². The lowest BCUT2D eigenvalue weighted by Gasteiger charge is -2.07. The minimum atomic E-state index is -0.485. The number of phenolic OH excluding ortho intramolecular Hbond substituents is 1. The quantitative estimate of drug-likeness (QED) is 0.800. The molecule has 0 radical (unpaired) electrons. The molecule has 3 heteroatoms. The molecule has 0 heterocycles. The lowest BCUT2D eigenvalue weighted by molar-refractivity contribution is 0.108. The fraction of sp³-hybridized carbons (Fsp3) is 0.417. The van der Waals surface area contributed by atoms with Crippen molar-refractivity contribution in [2.24, 2.45) is 5.92 Å². The number of rotatable bonds is 4. The topological polar surface area (TPSA) is 37.3 Å². The smallest absolute Gasteiger partial charge is 0.252 e. The molecule has 0 aliphatic heterocycles. The first kappa shape index (κ1) is 12.1. The van der Waals surface area contributed by atoms with Crippen molar-refractivity contribution in [3.63, 3.8) is 0 Å². The van der Waals surface area contributed by atoms with E-state index in [1.54, 1.807) is 6.07 Å².